The number of rotatable bonds is 13. The third-order valence-electron chi connectivity index (χ3n) is 10.1. The van der Waals surface area contributed by atoms with E-state index in [9.17, 15) is 38.4 Å². The van der Waals surface area contributed by atoms with Crippen molar-refractivity contribution in [2.24, 2.45) is 0 Å². The van der Waals surface area contributed by atoms with E-state index in [4.69, 9.17) is 27.8 Å². The predicted molar refractivity (Wildman–Crippen MR) is 247 cm³/mol. The van der Waals surface area contributed by atoms with Gasteiger partial charge < -0.3 is 34.1 Å². The molecule has 1 aliphatic carbocycles. The van der Waals surface area contributed by atoms with E-state index < -0.39 is 79.4 Å². The van der Waals surface area contributed by atoms with Gasteiger partial charge in [-0.3, -0.25) is 23.2 Å². The van der Waals surface area contributed by atoms with Crippen molar-refractivity contribution in [2.75, 3.05) is 37.7 Å². The van der Waals surface area contributed by atoms with E-state index in [0.717, 1.165) is 37.9 Å². The van der Waals surface area contributed by atoms with E-state index in [1.807, 2.05) is 48.5 Å². The molecular formula is C48H54N5O14P. The molecule has 20 heteroatoms. The lowest BCUT2D eigenvalue weighted by Crippen LogP contribution is -2.46. The van der Waals surface area contributed by atoms with E-state index in [-0.39, 0.29) is 44.2 Å². The van der Waals surface area contributed by atoms with Gasteiger partial charge in [0, 0.05) is 37.2 Å². The van der Waals surface area contributed by atoms with Gasteiger partial charge in [-0.1, -0.05) is 78.6 Å². The number of carboxylic acid groups (broad SMARTS) is 1. The van der Waals surface area contributed by atoms with Crippen LogP contribution < -0.4 is 20.4 Å². The van der Waals surface area contributed by atoms with Crippen LogP contribution in [0.5, 0.6) is 5.75 Å². The van der Waals surface area contributed by atoms with Gasteiger partial charge in [-0.25, -0.2) is 23.7 Å². The molecule has 0 saturated carbocycles. The standard InChI is InChI=1S/C48H54N5O14P/c1-46(2,3)64-44(59)53(45(60)65-47(4,5)6)41-31(17-15-16-26-63-68(61)66-38-23-14-13-22-37(38)48(7,8)67-68)27-52(42(57)50-41)28-39(54)51(29-40(55)56)25-24-49-43(58)62-30-36-34-20-11-9-18-32(34)33-19-10-12-21-35(33)36/h9-14,18-23,27,36H,16,24-26,28-30H2,1-8H3,(H,49,58)(H,55,56). The molecule has 6 rings (SSSR count). The quantitative estimate of drug-likeness (QED) is 0.0569. The number of para-hydroxylation sites is 1. The van der Waals surface area contributed by atoms with Gasteiger partial charge in [-0.15, -0.1) is 0 Å². The summed E-state index contributed by atoms with van der Waals surface area (Å²) in [4.78, 5) is 84.8. The zero-order valence-corrected chi connectivity index (χ0v) is 39.9. The second kappa shape index (κ2) is 20.5. The highest BCUT2D eigenvalue weighted by Gasteiger charge is 2.44. The van der Waals surface area contributed by atoms with Crippen LogP contribution >= 0.6 is 7.82 Å². The van der Waals surface area contributed by atoms with Crippen LogP contribution in [-0.4, -0.2) is 93.8 Å². The van der Waals surface area contributed by atoms with Gasteiger partial charge in [0.05, 0.1) is 12.2 Å². The SMILES string of the molecule is CC(C)(C)OC(=O)N(C(=O)OC(C)(C)C)c1nc(=O)n(CC(=O)N(CCNC(=O)OCC2c3ccccc3-c3ccccc32)CC(=O)O)cc1C#CCCOP1(=O)Oc2ccccc2C(C)(C)O1. The first kappa shape index (κ1) is 50.4. The second-order valence-electron chi connectivity index (χ2n) is 18.2. The smallest absolute Gasteiger partial charge is 0.480 e. The third-order valence-corrected chi connectivity index (χ3v) is 11.7. The fourth-order valence-electron chi connectivity index (χ4n) is 7.29. The molecule has 2 N–H and O–H groups in total. The Kier molecular flexibility index (Phi) is 15.2. The molecule has 0 radical (unpaired) electrons. The van der Waals surface area contributed by atoms with Crippen LogP contribution in [0.3, 0.4) is 0 Å². The number of imide groups is 1. The number of carbonyl (C=O) groups is 5. The number of hydrogen-bond donors (Lipinski definition) is 2. The Labute approximate surface area is 393 Å². The molecule has 0 saturated heterocycles. The first-order chi connectivity index (χ1) is 31.9. The highest BCUT2D eigenvalue weighted by molar-refractivity contribution is 7.49. The summed E-state index contributed by atoms with van der Waals surface area (Å²) in [6.45, 7) is 10.4. The van der Waals surface area contributed by atoms with Crippen LogP contribution in [-0.2, 0) is 49.6 Å². The summed E-state index contributed by atoms with van der Waals surface area (Å²) >= 11 is 0. The zero-order valence-electron chi connectivity index (χ0n) is 39.0. The Morgan fingerprint density at radius 1 is 0.897 bits per heavy atom. The number of amides is 4. The van der Waals surface area contributed by atoms with Crippen molar-refractivity contribution >= 4 is 43.8 Å². The van der Waals surface area contributed by atoms with Crippen molar-refractivity contribution in [3.63, 3.8) is 0 Å². The summed E-state index contributed by atoms with van der Waals surface area (Å²) < 4.78 is 47.8. The van der Waals surface area contributed by atoms with Crippen molar-refractivity contribution < 1.29 is 61.4 Å². The van der Waals surface area contributed by atoms with E-state index in [2.05, 4.69) is 22.1 Å². The Hall–Kier alpha value is -7.00. The molecule has 4 amide bonds. The maximum atomic E-state index is 13.7. The number of phosphoric acid groups is 1. The third kappa shape index (κ3) is 12.7. The van der Waals surface area contributed by atoms with Gasteiger partial charge in [0.1, 0.15) is 42.2 Å². The first-order valence-electron chi connectivity index (χ1n) is 21.6. The number of hydrogen-bond acceptors (Lipinski definition) is 14. The minimum Gasteiger partial charge on any atom is -0.480 e. The van der Waals surface area contributed by atoms with Gasteiger partial charge in [0.2, 0.25) is 5.91 Å². The highest BCUT2D eigenvalue weighted by atomic mass is 31.2. The minimum absolute atomic E-state index is 0.0259. The number of nitrogens with zero attached hydrogens (tertiary/aromatic N) is 4. The molecule has 0 bridgehead atoms. The minimum atomic E-state index is -4.14. The molecule has 1 aromatic heterocycles. The molecule has 2 heterocycles. The number of benzene rings is 3. The lowest BCUT2D eigenvalue weighted by atomic mass is 9.98. The molecule has 0 fully saturated rings. The number of aromatic nitrogens is 2. The number of aliphatic carboxylic acids is 1. The maximum absolute atomic E-state index is 13.7. The Morgan fingerprint density at radius 2 is 1.49 bits per heavy atom. The Bertz CT molecular complexity index is 2690. The van der Waals surface area contributed by atoms with Crippen molar-refractivity contribution in [2.45, 2.75) is 91.1 Å². The van der Waals surface area contributed by atoms with Crippen LogP contribution in [0.4, 0.5) is 20.2 Å². The summed E-state index contributed by atoms with van der Waals surface area (Å²) in [7, 11) is -4.14. The van der Waals surface area contributed by atoms with Crippen LogP contribution in [0, 0.1) is 11.8 Å². The number of fused-ring (bicyclic) bond motifs is 4. The number of alkyl carbamates (subject to hydrolysis) is 1. The van der Waals surface area contributed by atoms with Crippen molar-refractivity contribution in [1.82, 2.24) is 19.8 Å². The molecule has 3 aromatic carbocycles. The van der Waals surface area contributed by atoms with E-state index in [1.54, 1.807) is 79.7 Å². The zero-order chi connectivity index (χ0) is 49.6. The number of carbonyl (C=O) groups excluding carboxylic acids is 4. The first-order valence-corrected chi connectivity index (χ1v) is 23.1. The second-order valence-corrected chi connectivity index (χ2v) is 19.7. The van der Waals surface area contributed by atoms with E-state index >= 15 is 0 Å². The number of anilines is 1. The lowest BCUT2D eigenvalue weighted by molar-refractivity contribution is -0.144. The van der Waals surface area contributed by atoms with Crippen LogP contribution in [0.2, 0.25) is 0 Å². The molecule has 19 nitrogen and oxygen atoms in total. The number of nitrogens with one attached hydrogen (secondary N) is 1. The molecule has 0 spiro atoms. The molecule has 1 unspecified atom stereocenters. The van der Waals surface area contributed by atoms with Crippen molar-refractivity contribution in [1.29, 1.82) is 0 Å². The van der Waals surface area contributed by atoms with E-state index in [0.29, 0.717) is 16.2 Å². The van der Waals surface area contributed by atoms with Gasteiger partial charge in [-0.2, -0.15) is 9.88 Å². The summed E-state index contributed by atoms with van der Waals surface area (Å²) in [6, 6.07) is 22.6. The lowest BCUT2D eigenvalue weighted by Gasteiger charge is -2.35. The average Bonchev–Trinajstić information content (AvgIpc) is 3.55. The maximum Gasteiger partial charge on any atom is 0.530 e. The molecule has 360 valence electrons. The molecule has 68 heavy (non-hydrogen) atoms. The normalized spacial score (nSPS) is 15.8. The average molecular weight is 956 g/mol. The van der Waals surface area contributed by atoms with Gasteiger partial charge in [0.25, 0.3) is 0 Å². The topological polar surface area (TPSA) is 231 Å². The fraction of sp³-hybridized carbons (Fsp3) is 0.396. The summed E-state index contributed by atoms with van der Waals surface area (Å²) in [5.41, 5.74) is 0.111. The monoisotopic (exact) mass is 955 g/mol. The summed E-state index contributed by atoms with van der Waals surface area (Å²) in [5, 5.41) is 12.3. The van der Waals surface area contributed by atoms with Crippen molar-refractivity contribution in [3.8, 4) is 28.7 Å². The number of phosphoric ester groups is 1. The molecule has 1 atom stereocenters. The van der Waals surface area contributed by atoms with Crippen LogP contribution in [0.15, 0.2) is 83.8 Å². The van der Waals surface area contributed by atoms with Crippen LogP contribution in [0.1, 0.15) is 90.0 Å². The molecule has 4 aromatic rings. The fourth-order valence-corrected chi connectivity index (χ4v) is 8.81. The predicted octanol–water partition coefficient (Wildman–Crippen LogP) is 7.58. The van der Waals surface area contributed by atoms with Gasteiger partial charge >= 0.3 is 37.8 Å². The Balaban J connectivity index is 1.20. The van der Waals surface area contributed by atoms with Gasteiger partial charge in [-0.05, 0) is 83.7 Å². The molecular weight excluding hydrogens is 902 g/mol. The van der Waals surface area contributed by atoms with Crippen LogP contribution in [0.25, 0.3) is 11.1 Å². The van der Waals surface area contributed by atoms with Gasteiger partial charge in [0.15, 0.2) is 5.82 Å². The number of ether oxygens (including phenoxy) is 3. The molecule has 1 aliphatic heterocycles. The summed E-state index contributed by atoms with van der Waals surface area (Å²) in [6.07, 6.45) is -2.40. The highest BCUT2D eigenvalue weighted by Crippen LogP contribution is 2.60. The van der Waals surface area contributed by atoms with E-state index in [1.165, 1.54) is 0 Å². The largest absolute Gasteiger partial charge is 0.530 e. The molecule has 2 aliphatic rings. The summed E-state index contributed by atoms with van der Waals surface area (Å²) in [5.74, 6) is 2.79. The van der Waals surface area contributed by atoms with Crippen molar-refractivity contribution in [3.05, 3.63) is 112 Å². The number of carboxylic acids is 1. The Morgan fingerprint density at radius 3 is 2.09 bits per heavy atom.